The van der Waals surface area contributed by atoms with E-state index in [0.717, 1.165) is 18.7 Å². The molecular weight excluding hydrogens is 301 g/mol. The summed E-state index contributed by atoms with van der Waals surface area (Å²) < 4.78 is 9.93. The van der Waals surface area contributed by atoms with Crippen LogP contribution in [0.25, 0.3) is 0 Å². The molecule has 0 radical (unpaired) electrons. The van der Waals surface area contributed by atoms with Crippen molar-refractivity contribution >= 4 is 29.2 Å². The molecule has 1 aromatic rings. The second-order valence-electron chi connectivity index (χ2n) is 4.18. The Hall–Kier alpha value is -0.970. The van der Waals surface area contributed by atoms with E-state index in [1.54, 1.807) is 12.1 Å². The third-order valence-electron chi connectivity index (χ3n) is 2.88. The van der Waals surface area contributed by atoms with Crippen LogP contribution in [0.15, 0.2) is 18.2 Å². The van der Waals surface area contributed by atoms with Crippen LogP contribution in [0.5, 0.6) is 5.75 Å². The zero-order valence-corrected chi connectivity index (χ0v) is 13.2. The van der Waals surface area contributed by atoms with Crippen molar-refractivity contribution in [2.75, 3.05) is 39.1 Å². The Morgan fingerprint density at radius 1 is 1.20 bits per heavy atom. The summed E-state index contributed by atoms with van der Waals surface area (Å²) in [4.78, 5) is 13.9. The van der Waals surface area contributed by atoms with E-state index in [9.17, 15) is 4.79 Å². The summed E-state index contributed by atoms with van der Waals surface area (Å²) in [5.74, 6) is 1.17. The zero-order valence-electron chi connectivity index (χ0n) is 11.7. The summed E-state index contributed by atoms with van der Waals surface area (Å²) in [7, 11) is 2.87. The first kappa shape index (κ1) is 17.1. The van der Waals surface area contributed by atoms with Gasteiger partial charge in [-0.25, -0.2) is 4.79 Å². The summed E-state index contributed by atoms with van der Waals surface area (Å²) in [6.45, 7) is 2.16. The molecule has 0 aliphatic carbocycles. The van der Waals surface area contributed by atoms with E-state index in [2.05, 4.69) is 4.90 Å². The second kappa shape index (κ2) is 9.06. The Morgan fingerprint density at radius 3 is 2.35 bits per heavy atom. The molecule has 0 saturated carbocycles. The van der Waals surface area contributed by atoms with E-state index in [1.807, 2.05) is 6.07 Å². The van der Waals surface area contributed by atoms with Crippen LogP contribution in [0.3, 0.4) is 0 Å². The number of hydrogen-bond donors (Lipinski definition) is 0. The quantitative estimate of drug-likeness (QED) is 0.545. The van der Waals surface area contributed by atoms with Gasteiger partial charge >= 0.3 is 5.97 Å². The summed E-state index contributed by atoms with van der Waals surface area (Å²) in [5, 5.41) is 0. The topological polar surface area (TPSA) is 38.8 Å². The average Bonchev–Trinajstić information content (AvgIpc) is 2.47. The number of ether oxygens (including phenoxy) is 2. The van der Waals surface area contributed by atoms with E-state index in [-0.39, 0.29) is 0 Å². The molecule has 6 heteroatoms. The number of rotatable bonds is 8. The van der Waals surface area contributed by atoms with Gasteiger partial charge in [0.25, 0.3) is 0 Å². The number of methoxy groups -OCH3 is 2. The highest BCUT2D eigenvalue weighted by Gasteiger charge is 2.14. The summed E-state index contributed by atoms with van der Waals surface area (Å²) in [5.41, 5.74) is 1.41. The highest BCUT2D eigenvalue weighted by atomic mass is 35.5. The van der Waals surface area contributed by atoms with Crippen molar-refractivity contribution in [3.05, 3.63) is 29.3 Å². The minimum Gasteiger partial charge on any atom is -0.496 e. The van der Waals surface area contributed by atoms with Gasteiger partial charge in [-0.1, -0.05) is 6.07 Å². The summed E-state index contributed by atoms with van der Waals surface area (Å²) in [6.07, 6.45) is 0. The number of alkyl halides is 2. The Morgan fingerprint density at radius 2 is 1.85 bits per heavy atom. The van der Waals surface area contributed by atoms with Gasteiger partial charge in [-0.3, -0.25) is 4.90 Å². The van der Waals surface area contributed by atoms with Gasteiger partial charge in [0.1, 0.15) is 11.3 Å². The normalized spacial score (nSPS) is 10.7. The van der Waals surface area contributed by atoms with Gasteiger partial charge in [0.15, 0.2) is 0 Å². The van der Waals surface area contributed by atoms with Crippen molar-refractivity contribution in [1.29, 1.82) is 0 Å². The van der Waals surface area contributed by atoms with E-state index in [1.165, 1.54) is 14.2 Å². The lowest BCUT2D eigenvalue weighted by Gasteiger charge is -2.20. The zero-order chi connectivity index (χ0) is 15.0. The Bertz CT molecular complexity index is 434. The van der Waals surface area contributed by atoms with Crippen LogP contribution in [0.2, 0.25) is 0 Å². The molecular formula is C14H19Cl2NO3. The first-order valence-corrected chi connectivity index (χ1v) is 7.32. The lowest BCUT2D eigenvalue weighted by molar-refractivity contribution is 0.0597. The van der Waals surface area contributed by atoms with E-state index < -0.39 is 5.97 Å². The van der Waals surface area contributed by atoms with Crippen molar-refractivity contribution in [3.8, 4) is 5.75 Å². The number of esters is 1. The molecule has 0 atom stereocenters. The molecule has 0 heterocycles. The number of carbonyl (C=O) groups excluding carboxylic acids is 1. The van der Waals surface area contributed by atoms with Crippen LogP contribution in [-0.4, -0.2) is 49.9 Å². The number of halogens is 2. The Balaban J connectivity index is 2.92. The Labute approximate surface area is 129 Å². The molecule has 0 aliphatic rings. The Kier molecular flexibility index (Phi) is 7.73. The lowest BCUT2D eigenvalue weighted by atomic mass is 10.1. The minimum absolute atomic E-state index is 0.412. The molecule has 0 saturated heterocycles. The first-order valence-electron chi connectivity index (χ1n) is 6.25. The molecule has 0 unspecified atom stereocenters. The smallest absolute Gasteiger partial charge is 0.341 e. The molecule has 4 nitrogen and oxygen atoms in total. The molecule has 0 bridgehead atoms. The SMILES string of the molecule is COC(=O)c1cc(CN(CCCl)CCCl)ccc1OC. The molecule has 0 fully saturated rings. The van der Waals surface area contributed by atoms with Crippen LogP contribution < -0.4 is 4.74 Å². The highest BCUT2D eigenvalue weighted by Crippen LogP contribution is 2.21. The van der Waals surface area contributed by atoms with Crippen LogP contribution in [0.4, 0.5) is 0 Å². The summed E-state index contributed by atoms with van der Waals surface area (Å²) in [6, 6.07) is 5.46. The molecule has 0 N–H and O–H groups in total. The van der Waals surface area contributed by atoms with Crippen LogP contribution >= 0.6 is 23.2 Å². The molecule has 1 aromatic carbocycles. The van der Waals surface area contributed by atoms with Gasteiger partial charge < -0.3 is 9.47 Å². The van der Waals surface area contributed by atoms with Crippen molar-refractivity contribution < 1.29 is 14.3 Å². The molecule has 0 aromatic heterocycles. The van der Waals surface area contributed by atoms with Crippen molar-refractivity contribution in [3.63, 3.8) is 0 Å². The summed E-state index contributed by atoms with van der Waals surface area (Å²) >= 11 is 11.5. The first-order chi connectivity index (χ1) is 9.65. The highest BCUT2D eigenvalue weighted by molar-refractivity contribution is 6.18. The van der Waals surface area contributed by atoms with Crippen LogP contribution in [-0.2, 0) is 11.3 Å². The van der Waals surface area contributed by atoms with E-state index >= 15 is 0 Å². The molecule has 112 valence electrons. The molecule has 0 aliphatic heterocycles. The van der Waals surface area contributed by atoms with Gasteiger partial charge in [0.05, 0.1) is 14.2 Å². The third kappa shape index (κ3) is 4.85. The maximum atomic E-state index is 11.7. The van der Waals surface area contributed by atoms with Crippen molar-refractivity contribution in [1.82, 2.24) is 4.90 Å². The van der Waals surface area contributed by atoms with Crippen LogP contribution in [0, 0.1) is 0 Å². The standard InChI is InChI=1S/C14H19Cl2NO3/c1-19-13-4-3-11(9-12(13)14(18)20-2)10-17(7-5-15)8-6-16/h3-4,9H,5-8,10H2,1-2H3. The van der Waals surface area contributed by atoms with Gasteiger partial charge in [-0.15, -0.1) is 23.2 Å². The fourth-order valence-electron chi connectivity index (χ4n) is 1.89. The number of benzene rings is 1. The number of nitrogens with zero attached hydrogens (tertiary/aromatic N) is 1. The van der Waals surface area contributed by atoms with Crippen molar-refractivity contribution in [2.24, 2.45) is 0 Å². The van der Waals surface area contributed by atoms with Crippen LogP contribution in [0.1, 0.15) is 15.9 Å². The average molecular weight is 320 g/mol. The van der Waals surface area contributed by atoms with Gasteiger partial charge in [-0.2, -0.15) is 0 Å². The van der Waals surface area contributed by atoms with E-state index in [4.69, 9.17) is 32.7 Å². The van der Waals surface area contributed by atoms with Gasteiger partial charge in [-0.05, 0) is 17.7 Å². The number of carbonyl (C=O) groups is 1. The molecule has 0 amide bonds. The molecule has 20 heavy (non-hydrogen) atoms. The van der Waals surface area contributed by atoms with Gasteiger partial charge in [0, 0.05) is 31.4 Å². The predicted molar refractivity (Wildman–Crippen MR) is 81.1 cm³/mol. The monoisotopic (exact) mass is 319 g/mol. The second-order valence-corrected chi connectivity index (χ2v) is 4.94. The molecule has 0 spiro atoms. The maximum Gasteiger partial charge on any atom is 0.341 e. The minimum atomic E-state index is -0.412. The lowest BCUT2D eigenvalue weighted by Crippen LogP contribution is -2.27. The van der Waals surface area contributed by atoms with E-state index in [0.29, 0.717) is 29.6 Å². The van der Waals surface area contributed by atoms with Gasteiger partial charge in [0.2, 0.25) is 0 Å². The fourth-order valence-corrected chi connectivity index (χ4v) is 2.37. The molecule has 1 rings (SSSR count). The number of hydrogen-bond acceptors (Lipinski definition) is 4. The largest absolute Gasteiger partial charge is 0.496 e. The fraction of sp³-hybridized carbons (Fsp3) is 0.500. The third-order valence-corrected chi connectivity index (χ3v) is 3.21. The maximum absolute atomic E-state index is 11.7. The predicted octanol–water partition coefficient (Wildman–Crippen LogP) is 2.76. The van der Waals surface area contributed by atoms with Crippen molar-refractivity contribution in [2.45, 2.75) is 6.54 Å².